The summed E-state index contributed by atoms with van der Waals surface area (Å²) >= 11 is 0. The van der Waals surface area contributed by atoms with Gasteiger partial charge in [-0.25, -0.2) is 8.42 Å². The topological polar surface area (TPSA) is 66.5 Å². The molecule has 152 valence electrons. The van der Waals surface area contributed by atoms with Crippen LogP contribution in [-0.2, 0) is 14.8 Å². The molecule has 0 fully saturated rings. The molecule has 2 atom stereocenters. The number of sulfonamides is 1. The van der Waals surface area contributed by atoms with Crippen LogP contribution in [0, 0.1) is 27.7 Å². The highest BCUT2D eigenvalue weighted by Crippen LogP contribution is 2.24. The molecule has 0 aliphatic rings. The summed E-state index contributed by atoms with van der Waals surface area (Å²) in [7, 11) is -3.63. The van der Waals surface area contributed by atoms with Crippen LogP contribution in [0.15, 0.2) is 36.4 Å². The zero-order valence-corrected chi connectivity index (χ0v) is 18.5. The van der Waals surface area contributed by atoms with Gasteiger partial charge in [0.05, 0.1) is 18.0 Å². The molecule has 0 aromatic heterocycles. The van der Waals surface area contributed by atoms with Crippen LogP contribution >= 0.6 is 0 Å². The molecule has 28 heavy (non-hydrogen) atoms. The van der Waals surface area contributed by atoms with E-state index in [0.29, 0.717) is 5.69 Å². The Hall–Kier alpha value is -2.34. The maximum Gasteiger partial charge on any atom is 0.244 e. The fourth-order valence-corrected chi connectivity index (χ4v) is 4.60. The minimum absolute atomic E-state index is 0.229. The average Bonchev–Trinajstić information content (AvgIpc) is 2.56. The zero-order chi connectivity index (χ0) is 21.2. The lowest BCUT2D eigenvalue weighted by molar-refractivity contribution is -0.122. The van der Waals surface area contributed by atoms with Crippen molar-refractivity contribution >= 4 is 21.6 Å². The summed E-state index contributed by atoms with van der Waals surface area (Å²) in [6.45, 7) is 11.5. The van der Waals surface area contributed by atoms with Gasteiger partial charge in [-0.2, -0.15) is 0 Å². The molecule has 0 bridgehead atoms. The molecule has 0 aliphatic carbocycles. The van der Waals surface area contributed by atoms with Crippen molar-refractivity contribution in [1.29, 1.82) is 0 Å². The zero-order valence-electron chi connectivity index (χ0n) is 17.7. The maximum absolute atomic E-state index is 12.9. The summed E-state index contributed by atoms with van der Waals surface area (Å²) in [6.07, 6.45) is 1.12. The molecule has 1 amide bonds. The number of nitrogens with zero attached hydrogens (tertiary/aromatic N) is 1. The SMILES string of the molecule is Cc1cccc(N([C@@H](C)C(=O)N[C@H](C)c2cc(C)c(C)cc2C)S(C)(=O)=O)c1. The number of aryl methyl sites for hydroxylation is 4. The number of benzene rings is 2. The third-order valence-electron chi connectivity index (χ3n) is 5.05. The lowest BCUT2D eigenvalue weighted by atomic mass is 9.96. The summed E-state index contributed by atoms with van der Waals surface area (Å²) in [5.74, 6) is -0.336. The monoisotopic (exact) mass is 402 g/mol. The first kappa shape index (κ1) is 22.0. The fraction of sp³-hybridized carbons (Fsp3) is 0.409. The number of rotatable bonds is 6. The molecule has 0 aliphatic heterocycles. The Morgan fingerprint density at radius 3 is 2.14 bits per heavy atom. The first-order chi connectivity index (χ1) is 12.9. The van der Waals surface area contributed by atoms with Gasteiger partial charge in [-0.1, -0.05) is 24.3 Å². The summed E-state index contributed by atoms with van der Waals surface area (Å²) < 4.78 is 26.0. The Morgan fingerprint density at radius 2 is 1.57 bits per heavy atom. The van der Waals surface area contributed by atoms with Gasteiger partial charge in [-0.05, 0) is 81.5 Å². The van der Waals surface area contributed by atoms with Crippen LogP contribution in [0.4, 0.5) is 5.69 Å². The molecule has 0 heterocycles. The predicted molar refractivity (Wildman–Crippen MR) is 115 cm³/mol. The first-order valence-corrected chi connectivity index (χ1v) is 11.2. The van der Waals surface area contributed by atoms with E-state index in [1.165, 1.54) is 9.87 Å². The number of hydrogen-bond donors (Lipinski definition) is 1. The molecular formula is C22H30N2O3S. The number of hydrogen-bond acceptors (Lipinski definition) is 3. The second-order valence-corrected chi connectivity index (χ2v) is 9.46. The van der Waals surface area contributed by atoms with E-state index in [2.05, 4.69) is 24.4 Å². The normalized spacial score (nSPS) is 13.7. The third-order valence-corrected chi connectivity index (χ3v) is 6.29. The molecule has 2 aromatic rings. The van der Waals surface area contributed by atoms with Crippen molar-refractivity contribution in [1.82, 2.24) is 5.32 Å². The maximum atomic E-state index is 12.9. The smallest absolute Gasteiger partial charge is 0.244 e. The van der Waals surface area contributed by atoms with Crippen molar-refractivity contribution < 1.29 is 13.2 Å². The molecule has 6 heteroatoms. The molecule has 0 saturated heterocycles. The first-order valence-electron chi connectivity index (χ1n) is 9.36. The summed E-state index contributed by atoms with van der Waals surface area (Å²) in [4.78, 5) is 12.9. The van der Waals surface area contributed by atoms with Gasteiger partial charge in [0.15, 0.2) is 0 Å². The number of nitrogens with one attached hydrogen (secondary N) is 1. The van der Waals surface area contributed by atoms with Crippen LogP contribution in [0.3, 0.4) is 0 Å². The van der Waals surface area contributed by atoms with E-state index in [-0.39, 0.29) is 11.9 Å². The van der Waals surface area contributed by atoms with E-state index >= 15 is 0 Å². The number of anilines is 1. The summed E-state index contributed by atoms with van der Waals surface area (Å²) in [5, 5.41) is 2.98. The van der Waals surface area contributed by atoms with Crippen LogP contribution in [-0.4, -0.2) is 26.6 Å². The van der Waals surface area contributed by atoms with Crippen LogP contribution < -0.4 is 9.62 Å². The predicted octanol–water partition coefficient (Wildman–Crippen LogP) is 3.95. The van der Waals surface area contributed by atoms with Crippen molar-refractivity contribution in [3.63, 3.8) is 0 Å². The third kappa shape index (κ3) is 4.93. The van der Waals surface area contributed by atoms with E-state index in [9.17, 15) is 13.2 Å². The average molecular weight is 403 g/mol. The Morgan fingerprint density at radius 1 is 0.964 bits per heavy atom. The molecule has 0 radical (unpaired) electrons. The Labute approximate surface area is 168 Å². The lowest BCUT2D eigenvalue weighted by Gasteiger charge is -2.30. The number of carbonyl (C=O) groups is 1. The van der Waals surface area contributed by atoms with Crippen molar-refractivity contribution in [2.75, 3.05) is 10.6 Å². The molecule has 0 saturated carbocycles. The van der Waals surface area contributed by atoms with Crippen LogP contribution in [0.25, 0.3) is 0 Å². The highest BCUT2D eigenvalue weighted by atomic mass is 32.2. The Kier molecular flexibility index (Phi) is 6.55. The van der Waals surface area contributed by atoms with Gasteiger partial charge in [-0.15, -0.1) is 0 Å². The van der Waals surface area contributed by atoms with Gasteiger partial charge >= 0.3 is 0 Å². The van der Waals surface area contributed by atoms with Gasteiger partial charge < -0.3 is 5.32 Å². The summed E-state index contributed by atoms with van der Waals surface area (Å²) in [6, 6.07) is 10.2. The highest BCUT2D eigenvalue weighted by Gasteiger charge is 2.30. The molecule has 0 unspecified atom stereocenters. The standard InChI is InChI=1S/C22H30N2O3S/c1-14-9-8-10-20(11-14)24(28(7,26)27)19(6)22(25)23-18(5)21-13-16(3)15(2)12-17(21)4/h8-13,18-19H,1-7H3,(H,23,25)/t18-,19+/m1/s1. The van der Waals surface area contributed by atoms with E-state index < -0.39 is 16.1 Å². The molecule has 1 N–H and O–H groups in total. The second-order valence-electron chi connectivity index (χ2n) is 7.60. The second kappa shape index (κ2) is 8.35. The van der Waals surface area contributed by atoms with Gasteiger partial charge in [0.1, 0.15) is 6.04 Å². The van der Waals surface area contributed by atoms with Gasteiger partial charge in [0.25, 0.3) is 0 Å². The van der Waals surface area contributed by atoms with E-state index in [4.69, 9.17) is 0 Å². The van der Waals surface area contributed by atoms with E-state index in [0.717, 1.165) is 28.5 Å². The molecule has 0 spiro atoms. The molecule has 2 aromatic carbocycles. The fourth-order valence-electron chi connectivity index (χ4n) is 3.43. The quantitative estimate of drug-likeness (QED) is 0.795. The van der Waals surface area contributed by atoms with E-state index in [1.54, 1.807) is 25.1 Å². The minimum atomic E-state index is -3.63. The van der Waals surface area contributed by atoms with Crippen LogP contribution in [0.5, 0.6) is 0 Å². The summed E-state index contributed by atoms with van der Waals surface area (Å²) in [5.41, 5.74) is 5.91. The van der Waals surface area contributed by atoms with Crippen molar-refractivity contribution in [2.45, 2.75) is 53.6 Å². The molecular weight excluding hydrogens is 372 g/mol. The number of carbonyl (C=O) groups excluding carboxylic acids is 1. The largest absolute Gasteiger partial charge is 0.348 e. The van der Waals surface area contributed by atoms with E-state index in [1.807, 2.05) is 33.8 Å². The Bertz CT molecular complexity index is 983. The van der Waals surface area contributed by atoms with Crippen molar-refractivity contribution in [2.24, 2.45) is 0 Å². The van der Waals surface area contributed by atoms with Crippen LogP contribution in [0.2, 0.25) is 0 Å². The number of amides is 1. The van der Waals surface area contributed by atoms with Crippen LogP contribution in [0.1, 0.15) is 47.7 Å². The van der Waals surface area contributed by atoms with Crippen molar-refractivity contribution in [3.8, 4) is 0 Å². The molecule has 5 nitrogen and oxygen atoms in total. The van der Waals surface area contributed by atoms with Crippen molar-refractivity contribution in [3.05, 3.63) is 64.2 Å². The Balaban J connectivity index is 2.30. The van der Waals surface area contributed by atoms with Gasteiger partial charge in [-0.3, -0.25) is 9.10 Å². The lowest BCUT2D eigenvalue weighted by Crippen LogP contribution is -2.48. The minimum Gasteiger partial charge on any atom is -0.348 e. The van der Waals surface area contributed by atoms with Gasteiger partial charge in [0.2, 0.25) is 15.9 Å². The van der Waals surface area contributed by atoms with Gasteiger partial charge in [0, 0.05) is 0 Å². The molecule has 2 rings (SSSR count). The highest BCUT2D eigenvalue weighted by molar-refractivity contribution is 7.92.